The van der Waals surface area contributed by atoms with Crippen LogP contribution in [0.5, 0.6) is 0 Å². The monoisotopic (exact) mass is 814 g/mol. The van der Waals surface area contributed by atoms with Gasteiger partial charge in [-0.25, -0.2) is 9.97 Å². The van der Waals surface area contributed by atoms with E-state index in [1.165, 1.54) is 71.1 Å². The van der Waals surface area contributed by atoms with E-state index in [1.54, 1.807) is 0 Å². The highest BCUT2D eigenvalue weighted by Crippen LogP contribution is 2.40. The molecule has 13 rings (SSSR count). The maximum atomic E-state index is 5.16. The van der Waals surface area contributed by atoms with Gasteiger partial charge in [-0.2, -0.15) is 0 Å². The molecule has 4 heteroatoms. The van der Waals surface area contributed by atoms with Gasteiger partial charge >= 0.3 is 0 Å². The van der Waals surface area contributed by atoms with Crippen LogP contribution in [0.1, 0.15) is 0 Å². The Hall–Kier alpha value is -8.60. The number of benzene rings is 10. The highest BCUT2D eigenvalue weighted by Gasteiger charge is 2.18. The molecule has 3 aromatic heterocycles. The minimum atomic E-state index is 0.872. The Kier molecular flexibility index (Phi) is 8.18. The molecular formula is C60H38N4. The van der Waals surface area contributed by atoms with Crippen molar-refractivity contribution in [1.82, 2.24) is 19.1 Å². The lowest BCUT2D eigenvalue weighted by molar-refractivity contribution is 1.18. The summed E-state index contributed by atoms with van der Waals surface area (Å²) in [4.78, 5) is 10.3. The minimum absolute atomic E-state index is 0.872. The molecule has 0 N–H and O–H groups in total. The van der Waals surface area contributed by atoms with Gasteiger partial charge in [0.1, 0.15) is 0 Å². The number of rotatable bonds is 6. The van der Waals surface area contributed by atoms with Crippen molar-refractivity contribution >= 4 is 65.4 Å². The van der Waals surface area contributed by atoms with Crippen molar-refractivity contribution < 1.29 is 0 Å². The van der Waals surface area contributed by atoms with Crippen LogP contribution < -0.4 is 0 Å². The Morgan fingerprint density at radius 3 is 1.27 bits per heavy atom. The molecule has 10 aromatic carbocycles. The van der Waals surface area contributed by atoms with Crippen LogP contribution >= 0.6 is 0 Å². The predicted molar refractivity (Wildman–Crippen MR) is 267 cm³/mol. The van der Waals surface area contributed by atoms with E-state index >= 15 is 0 Å². The second kappa shape index (κ2) is 14.5. The lowest BCUT2D eigenvalue weighted by Gasteiger charge is -2.12. The van der Waals surface area contributed by atoms with E-state index in [0.29, 0.717) is 0 Å². The second-order valence-electron chi connectivity index (χ2n) is 16.6. The van der Waals surface area contributed by atoms with Gasteiger partial charge in [-0.05, 0) is 118 Å². The molecule has 0 radical (unpaired) electrons. The van der Waals surface area contributed by atoms with E-state index in [-0.39, 0.29) is 0 Å². The van der Waals surface area contributed by atoms with Crippen LogP contribution in [0.2, 0.25) is 0 Å². The average Bonchev–Trinajstić information content (AvgIpc) is 3.88. The van der Waals surface area contributed by atoms with Crippen molar-refractivity contribution in [3.8, 4) is 56.1 Å². The molecule has 0 atom stereocenters. The number of aromatic nitrogens is 4. The van der Waals surface area contributed by atoms with Crippen molar-refractivity contribution in [1.29, 1.82) is 0 Å². The van der Waals surface area contributed by atoms with Gasteiger partial charge < -0.3 is 9.13 Å². The third kappa shape index (κ3) is 5.84. The van der Waals surface area contributed by atoms with Crippen molar-refractivity contribution in [2.45, 2.75) is 0 Å². The lowest BCUT2D eigenvalue weighted by Crippen LogP contribution is -1.97. The zero-order valence-electron chi connectivity index (χ0n) is 34.7. The first kappa shape index (κ1) is 36.1. The van der Waals surface area contributed by atoms with E-state index in [2.05, 4.69) is 209 Å². The Morgan fingerprint density at radius 1 is 0.250 bits per heavy atom. The van der Waals surface area contributed by atoms with Gasteiger partial charge in [0.05, 0.1) is 44.5 Å². The van der Waals surface area contributed by atoms with Crippen molar-refractivity contribution in [3.05, 3.63) is 231 Å². The fraction of sp³-hybridized carbons (Fsp3) is 0. The summed E-state index contributed by atoms with van der Waals surface area (Å²) >= 11 is 0. The molecule has 0 amide bonds. The molecule has 0 spiro atoms. The van der Waals surface area contributed by atoms with E-state index in [1.807, 2.05) is 30.3 Å². The summed E-state index contributed by atoms with van der Waals surface area (Å²) in [5, 5.41) is 7.40. The largest absolute Gasteiger partial charge is 0.309 e. The molecule has 13 aromatic rings. The zero-order valence-corrected chi connectivity index (χ0v) is 34.7. The Morgan fingerprint density at radius 2 is 0.656 bits per heavy atom. The standard InChI is InChI=1S/C60H38N4/c1-3-14-40(15-4-1)59-60(62-54-21-11-10-20-53(54)61-59)41-25-30-48(31-26-41)64-55-22-12-9-19-49(55)50-36-45(28-32-56(50)64)46-29-34-58-52(38-46)51-37-44(43-24-23-39-13-7-8-16-42(39)35-43)27-33-57(51)63(58)47-17-5-2-6-18-47/h1-38H. The van der Waals surface area contributed by atoms with Gasteiger partial charge in [-0.3, -0.25) is 0 Å². The van der Waals surface area contributed by atoms with Crippen LogP contribution in [-0.2, 0) is 0 Å². The first-order valence-corrected chi connectivity index (χ1v) is 21.8. The normalized spacial score (nSPS) is 11.8. The highest BCUT2D eigenvalue weighted by atomic mass is 15.0. The molecule has 64 heavy (non-hydrogen) atoms. The average molecular weight is 815 g/mol. The number of fused-ring (bicyclic) bond motifs is 8. The van der Waals surface area contributed by atoms with Gasteiger partial charge in [-0.15, -0.1) is 0 Å². The Labute approximate surface area is 369 Å². The second-order valence-corrected chi connectivity index (χ2v) is 16.6. The van der Waals surface area contributed by atoms with Crippen LogP contribution in [0.4, 0.5) is 0 Å². The fourth-order valence-electron chi connectivity index (χ4n) is 9.80. The van der Waals surface area contributed by atoms with Gasteiger partial charge in [0, 0.05) is 44.0 Å². The highest BCUT2D eigenvalue weighted by molar-refractivity contribution is 6.13. The predicted octanol–water partition coefficient (Wildman–Crippen LogP) is 15.6. The molecule has 0 fully saturated rings. The van der Waals surface area contributed by atoms with Gasteiger partial charge in [-0.1, -0.05) is 146 Å². The maximum Gasteiger partial charge on any atom is 0.0973 e. The third-order valence-corrected chi connectivity index (χ3v) is 12.9. The summed E-state index contributed by atoms with van der Waals surface area (Å²) in [7, 11) is 0. The molecule has 0 unspecified atom stereocenters. The Balaban J connectivity index is 0.934. The molecular weight excluding hydrogens is 777 g/mol. The summed E-state index contributed by atoms with van der Waals surface area (Å²) < 4.78 is 4.78. The molecule has 0 bridgehead atoms. The third-order valence-electron chi connectivity index (χ3n) is 12.9. The molecule has 0 aliphatic heterocycles. The SMILES string of the molecule is c1ccc(-c2nc3ccccc3nc2-c2ccc(-n3c4ccccc4c4cc(-c5ccc6c(c5)c5cc(-c7ccc8ccccc8c7)ccc5n6-c5ccccc5)ccc43)cc2)cc1. The summed E-state index contributed by atoms with van der Waals surface area (Å²) in [6, 6.07) is 82.9. The lowest BCUT2D eigenvalue weighted by atomic mass is 9.98. The van der Waals surface area contributed by atoms with E-state index < -0.39 is 0 Å². The Bertz CT molecular complexity index is 3940. The fourth-order valence-corrected chi connectivity index (χ4v) is 9.80. The quantitative estimate of drug-likeness (QED) is 0.168. The minimum Gasteiger partial charge on any atom is -0.309 e. The number of hydrogen-bond acceptors (Lipinski definition) is 2. The number of nitrogens with zero attached hydrogens (tertiary/aromatic N) is 4. The summed E-state index contributed by atoms with van der Waals surface area (Å²) in [6.07, 6.45) is 0. The van der Waals surface area contributed by atoms with Gasteiger partial charge in [0.25, 0.3) is 0 Å². The van der Waals surface area contributed by atoms with Crippen LogP contribution in [0.3, 0.4) is 0 Å². The topological polar surface area (TPSA) is 35.6 Å². The van der Waals surface area contributed by atoms with E-state index in [9.17, 15) is 0 Å². The first-order chi connectivity index (χ1) is 31.7. The summed E-state index contributed by atoms with van der Waals surface area (Å²) in [5.41, 5.74) is 17.3. The van der Waals surface area contributed by atoms with Crippen LogP contribution in [-0.4, -0.2) is 19.1 Å². The molecule has 298 valence electrons. The smallest absolute Gasteiger partial charge is 0.0973 e. The van der Waals surface area contributed by atoms with E-state index in [0.717, 1.165) is 50.4 Å². The van der Waals surface area contributed by atoms with E-state index in [4.69, 9.17) is 9.97 Å². The summed E-state index contributed by atoms with van der Waals surface area (Å²) in [5.74, 6) is 0. The number of hydrogen-bond donors (Lipinski definition) is 0. The van der Waals surface area contributed by atoms with Crippen LogP contribution in [0, 0.1) is 0 Å². The van der Waals surface area contributed by atoms with Crippen LogP contribution in [0.25, 0.3) is 122 Å². The van der Waals surface area contributed by atoms with Crippen molar-refractivity contribution in [2.24, 2.45) is 0 Å². The van der Waals surface area contributed by atoms with Crippen molar-refractivity contribution in [3.63, 3.8) is 0 Å². The number of para-hydroxylation sites is 4. The summed E-state index contributed by atoms with van der Waals surface area (Å²) in [6.45, 7) is 0. The van der Waals surface area contributed by atoms with Gasteiger partial charge in [0.15, 0.2) is 0 Å². The molecule has 0 aliphatic carbocycles. The first-order valence-electron chi connectivity index (χ1n) is 21.8. The molecule has 0 aliphatic rings. The van der Waals surface area contributed by atoms with Gasteiger partial charge in [0.2, 0.25) is 0 Å². The van der Waals surface area contributed by atoms with Crippen LogP contribution in [0.15, 0.2) is 231 Å². The molecule has 0 saturated heterocycles. The molecule has 4 nitrogen and oxygen atoms in total. The zero-order chi connectivity index (χ0) is 42.1. The molecule has 0 saturated carbocycles. The van der Waals surface area contributed by atoms with Crippen molar-refractivity contribution in [2.75, 3.05) is 0 Å². The molecule has 3 heterocycles. The maximum absolute atomic E-state index is 5.16.